The van der Waals surface area contributed by atoms with Crippen LogP contribution in [0.5, 0.6) is 0 Å². The topological polar surface area (TPSA) is 54.5 Å². The van der Waals surface area contributed by atoms with E-state index in [1.54, 1.807) is 16.2 Å². The molecule has 1 N–H and O–H groups in total. The van der Waals surface area contributed by atoms with Gasteiger partial charge in [0, 0.05) is 23.0 Å². The van der Waals surface area contributed by atoms with Crippen molar-refractivity contribution in [3.05, 3.63) is 45.4 Å². The van der Waals surface area contributed by atoms with E-state index in [1.165, 1.54) is 0 Å². The molecule has 0 aliphatic carbocycles. The number of nitrogens with one attached hydrogen (secondary N) is 1. The highest BCUT2D eigenvalue weighted by molar-refractivity contribution is 7.13. The third-order valence-corrected chi connectivity index (χ3v) is 5.08. The summed E-state index contributed by atoms with van der Waals surface area (Å²) < 4.78 is 5.26. The molecule has 2 heterocycles. The van der Waals surface area contributed by atoms with Gasteiger partial charge in [0.15, 0.2) is 5.13 Å². The second-order valence-electron chi connectivity index (χ2n) is 6.26. The predicted octanol–water partition coefficient (Wildman–Crippen LogP) is 4.72. The van der Waals surface area contributed by atoms with Gasteiger partial charge in [-0.3, -0.25) is 4.90 Å². The fourth-order valence-corrected chi connectivity index (χ4v) is 4.11. The molecule has 7 heteroatoms. The number of fused-ring (bicyclic) bond motifs is 1. The van der Waals surface area contributed by atoms with Crippen LogP contribution < -0.4 is 5.32 Å². The Kier molecular flexibility index (Phi) is 5.49. The lowest BCUT2D eigenvalue weighted by Gasteiger charge is -2.35. The monoisotopic (exact) mass is 379 g/mol. The van der Waals surface area contributed by atoms with Crippen LogP contribution in [0.25, 0.3) is 0 Å². The normalized spacial score (nSPS) is 16.7. The first-order valence-corrected chi connectivity index (χ1v) is 9.69. The van der Waals surface area contributed by atoms with Crippen molar-refractivity contribution in [3.63, 3.8) is 0 Å². The molecular weight excluding hydrogens is 358 g/mol. The van der Waals surface area contributed by atoms with E-state index in [0.717, 1.165) is 28.4 Å². The number of halogens is 1. The van der Waals surface area contributed by atoms with Crippen molar-refractivity contribution in [3.8, 4) is 0 Å². The second-order valence-corrected chi connectivity index (χ2v) is 7.56. The predicted molar refractivity (Wildman–Crippen MR) is 102 cm³/mol. The van der Waals surface area contributed by atoms with Crippen LogP contribution >= 0.6 is 22.9 Å². The SMILES string of the molecule is CCOC(=O)N1CCc2cc(Cl)ccc2C1c1csc(NC(C)C)n1. The second kappa shape index (κ2) is 7.62. The minimum atomic E-state index is -0.306. The molecule has 0 fully saturated rings. The fourth-order valence-electron chi connectivity index (χ4n) is 3.04. The molecule has 5 nitrogen and oxygen atoms in total. The van der Waals surface area contributed by atoms with Crippen LogP contribution in [0, 0.1) is 0 Å². The maximum Gasteiger partial charge on any atom is 0.410 e. The molecule has 134 valence electrons. The van der Waals surface area contributed by atoms with Crippen molar-refractivity contribution in [2.75, 3.05) is 18.5 Å². The highest BCUT2D eigenvalue weighted by atomic mass is 35.5. The van der Waals surface area contributed by atoms with Crippen molar-refractivity contribution in [2.24, 2.45) is 0 Å². The summed E-state index contributed by atoms with van der Waals surface area (Å²) in [5.41, 5.74) is 3.07. The first kappa shape index (κ1) is 18.0. The summed E-state index contributed by atoms with van der Waals surface area (Å²) in [6.07, 6.45) is 0.450. The number of aromatic nitrogens is 1. The van der Waals surface area contributed by atoms with Gasteiger partial charge < -0.3 is 10.1 Å². The van der Waals surface area contributed by atoms with E-state index >= 15 is 0 Å². The molecule has 1 atom stereocenters. The molecule has 0 saturated carbocycles. The lowest BCUT2D eigenvalue weighted by atomic mass is 9.91. The van der Waals surface area contributed by atoms with Gasteiger partial charge in [-0.05, 0) is 50.5 Å². The number of carbonyl (C=O) groups is 1. The Morgan fingerprint density at radius 3 is 3.04 bits per heavy atom. The molecule has 1 aromatic carbocycles. The molecule has 1 amide bonds. The van der Waals surface area contributed by atoms with Gasteiger partial charge in [-0.25, -0.2) is 9.78 Å². The van der Waals surface area contributed by atoms with E-state index in [-0.39, 0.29) is 12.1 Å². The first-order valence-electron chi connectivity index (χ1n) is 8.43. The Balaban J connectivity index is 2.00. The number of hydrogen-bond donors (Lipinski definition) is 1. The molecule has 1 aliphatic heterocycles. The number of nitrogens with zero attached hydrogens (tertiary/aromatic N) is 2. The summed E-state index contributed by atoms with van der Waals surface area (Å²) in [5, 5.41) is 6.89. The Hall–Kier alpha value is -1.79. The highest BCUT2D eigenvalue weighted by Crippen LogP contribution is 2.37. The average molecular weight is 380 g/mol. The van der Waals surface area contributed by atoms with E-state index in [4.69, 9.17) is 21.3 Å². The number of hydrogen-bond acceptors (Lipinski definition) is 5. The lowest BCUT2D eigenvalue weighted by Crippen LogP contribution is -2.41. The molecule has 0 bridgehead atoms. The number of rotatable bonds is 4. The Bertz CT molecular complexity index is 763. The molecule has 2 aromatic rings. The van der Waals surface area contributed by atoms with Gasteiger partial charge in [-0.1, -0.05) is 17.7 Å². The zero-order valence-corrected chi connectivity index (χ0v) is 16.2. The maximum absolute atomic E-state index is 12.5. The van der Waals surface area contributed by atoms with Crippen molar-refractivity contribution in [1.29, 1.82) is 0 Å². The quantitative estimate of drug-likeness (QED) is 0.834. The summed E-state index contributed by atoms with van der Waals surface area (Å²) in [5.74, 6) is 0. The number of anilines is 1. The standard InChI is InChI=1S/C18H22ClN3O2S/c1-4-24-18(23)22-8-7-12-9-13(19)5-6-14(12)16(22)15-10-25-17(21-15)20-11(2)3/h5-6,9-11,16H,4,7-8H2,1-3H3,(H,20,21). The van der Waals surface area contributed by atoms with E-state index in [9.17, 15) is 4.79 Å². The van der Waals surface area contributed by atoms with Gasteiger partial charge >= 0.3 is 6.09 Å². The largest absolute Gasteiger partial charge is 0.450 e. The number of thiazole rings is 1. The third kappa shape index (κ3) is 3.90. The van der Waals surface area contributed by atoms with Crippen LogP contribution in [-0.2, 0) is 11.2 Å². The van der Waals surface area contributed by atoms with Gasteiger partial charge in [0.2, 0.25) is 0 Å². The maximum atomic E-state index is 12.5. The molecule has 3 rings (SSSR count). The Morgan fingerprint density at radius 2 is 2.32 bits per heavy atom. The molecule has 1 aromatic heterocycles. The van der Waals surface area contributed by atoms with E-state index in [0.29, 0.717) is 24.2 Å². The van der Waals surface area contributed by atoms with Crippen LogP contribution in [0.4, 0.5) is 9.93 Å². The summed E-state index contributed by atoms with van der Waals surface area (Å²) in [4.78, 5) is 19.0. The van der Waals surface area contributed by atoms with Crippen LogP contribution in [0.15, 0.2) is 23.6 Å². The van der Waals surface area contributed by atoms with Crippen LogP contribution in [0.2, 0.25) is 5.02 Å². The van der Waals surface area contributed by atoms with Gasteiger partial charge in [-0.15, -0.1) is 11.3 Å². The number of ether oxygens (including phenoxy) is 1. The van der Waals surface area contributed by atoms with Crippen LogP contribution in [0.1, 0.15) is 43.6 Å². The van der Waals surface area contributed by atoms with E-state index < -0.39 is 0 Å². The molecule has 1 aliphatic rings. The number of amides is 1. The third-order valence-electron chi connectivity index (χ3n) is 4.05. The summed E-state index contributed by atoms with van der Waals surface area (Å²) in [6, 6.07) is 5.88. The summed E-state index contributed by atoms with van der Waals surface area (Å²) in [7, 11) is 0. The molecule has 0 spiro atoms. The molecule has 1 unspecified atom stereocenters. The smallest absolute Gasteiger partial charge is 0.410 e. The number of benzene rings is 1. The molecule has 25 heavy (non-hydrogen) atoms. The van der Waals surface area contributed by atoms with Crippen molar-refractivity contribution in [2.45, 2.75) is 39.3 Å². The van der Waals surface area contributed by atoms with E-state index in [2.05, 4.69) is 19.2 Å². The summed E-state index contributed by atoms with van der Waals surface area (Å²) in [6.45, 7) is 6.90. The molecular formula is C18H22ClN3O2S. The molecule has 0 saturated heterocycles. The van der Waals surface area contributed by atoms with Gasteiger partial charge in [0.05, 0.1) is 12.3 Å². The van der Waals surface area contributed by atoms with Crippen LogP contribution in [-0.4, -0.2) is 35.2 Å². The van der Waals surface area contributed by atoms with E-state index in [1.807, 2.05) is 30.5 Å². The average Bonchev–Trinajstić information content (AvgIpc) is 3.01. The highest BCUT2D eigenvalue weighted by Gasteiger charge is 2.34. The van der Waals surface area contributed by atoms with Crippen LogP contribution in [0.3, 0.4) is 0 Å². The minimum absolute atomic E-state index is 0.251. The first-order chi connectivity index (χ1) is 12.0. The number of carbonyl (C=O) groups excluding carboxylic acids is 1. The summed E-state index contributed by atoms with van der Waals surface area (Å²) >= 11 is 7.70. The van der Waals surface area contributed by atoms with Gasteiger partial charge in [0.1, 0.15) is 6.04 Å². The van der Waals surface area contributed by atoms with Crippen molar-refractivity contribution >= 4 is 34.2 Å². The van der Waals surface area contributed by atoms with Gasteiger partial charge in [0.25, 0.3) is 0 Å². The van der Waals surface area contributed by atoms with Gasteiger partial charge in [-0.2, -0.15) is 0 Å². The van der Waals surface area contributed by atoms with Crippen molar-refractivity contribution in [1.82, 2.24) is 9.88 Å². The Labute approximate surface area is 157 Å². The zero-order chi connectivity index (χ0) is 18.0. The fraction of sp³-hybridized carbons (Fsp3) is 0.444. The van der Waals surface area contributed by atoms with Crippen molar-refractivity contribution < 1.29 is 9.53 Å². The minimum Gasteiger partial charge on any atom is -0.450 e. The molecule has 0 radical (unpaired) electrons. The Morgan fingerprint density at radius 1 is 1.52 bits per heavy atom. The lowest BCUT2D eigenvalue weighted by molar-refractivity contribution is 0.0931. The zero-order valence-electron chi connectivity index (χ0n) is 14.6.